The van der Waals surface area contributed by atoms with Gasteiger partial charge < -0.3 is 15.3 Å². The number of fused-ring (bicyclic) bond motifs is 1. The number of likely N-dealkylation sites (tertiary alicyclic amines) is 1. The minimum atomic E-state index is -0.215. The first-order valence-electron chi connectivity index (χ1n) is 10.1. The Balaban J connectivity index is 1.55. The van der Waals surface area contributed by atoms with E-state index < -0.39 is 0 Å². The quantitative estimate of drug-likeness (QED) is 0.650. The zero-order valence-corrected chi connectivity index (χ0v) is 17.4. The van der Waals surface area contributed by atoms with Gasteiger partial charge in [0, 0.05) is 36.6 Å². The molecule has 1 fully saturated rings. The van der Waals surface area contributed by atoms with Crippen LogP contribution in [-0.2, 0) is 0 Å². The van der Waals surface area contributed by atoms with Crippen LogP contribution in [0, 0.1) is 6.92 Å². The average molecular weight is 397 g/mol. The molecule has 2 N–H and O–H groups in total. The molecule has 1 aromatic carbocycles. The number of piperidine rings is 1. The highest BCUT2D eigenvalue weighted by molar-refractivity contribution is 7.17. The van der Waals surface area contributed by atoms with Gasteiger partial charge in [-0.25, -0.2) is 9.97 Å². The summed E-state index contributed by atoms with van der Waals surface area (Å²) in [4.78, 5) is 12.8. The Morgan fingerprint density at radius 2 is 1.96 bits per heavy atom. The number of hydrogen-bond donors (Lipinski definition) is 2. The molecule has 1 aliphatic heterocycles. The summed E-state index contributed by atoms with van der Waals surface area (Å²) in [5.74, 6) is 1.76. The summed E-state index contributed by atoms with van der Waals surface area (Å²) in [5, 5.41) is 16.9. The number of aryl methyl sites for hydroxylation is 1. The molecule has 1 aliphatic rings. The van der Waals surface area contributed by atoms with Crippen LogP contribution in [0.25, 0.3) is 21.3 Å². The first kappa shape index (κ1) is 19.3. The normalized spacial score (nSPS) is 17.1. The van der Waals surface area contributed by atoms with E-state index in [4.69, 9.17) is 4.98 Å². The predicted octanol–water partition coefficient (Wildman–Crippen LogP) is 4.31. The van der Waals surface area contributed by atoms with E-state index in [0.717, 1.165) is 60.8 Å². The van der Waals surface area contributed by atoms with E-state index in [1.54, 1.807) is 11.3 Å². The van der Waals surface area contributed by atoms with Gasteiger partial charge in [0.1, 0.15) is 16.5 Å². The molecule has 0 unspecified atom stereocenters. The second-order valence-corrected chi connectivity index (χ2v) is 8.45. The fraction of sp³-hybridized carbons (Fsp3) is 0.455. The highest BCUT2D eigenvalue weighted by atomic mass is 32.1. The van der Waals surface area contributed by atoms with Crippen LogP contribution in [0.2, 0.25) is 0 Å². The standard InChI is InChI=1S/C22H28N4OS/c1-3-18(27)13-26-11-9-17(10-12-26)25-21-20-19(16-7-5-4-6-8-16)14-28-22(20)24-15(2)23-21/h4-8,14,17-18,27H,3,9-13H2,1-2H3,(H,23,24,25)/t18-/m1/s1. The van der Waals surface area contributed by atoms with Crippen LogP contribution in [0.5, 0.6) is 0 Å². The van der Waals surface area contributed by atoms with E-state index in [1.807, 2.05) is 19.9 Å². The van der Waals surface area contributed by atoms with E-state index >= 15 is 0 Å². The lowest BCUT2D eigenvalue weighted by Crippen LogP contribution is -2.42. The molecule has 3 heterocycles. The van der Waals surface area contributed by atoms with E-state index in [1.165, 1.54) is 11.1 Å². The van der Waals surface area contributed by atoms with Crippen molar-refractivity contribution in [1.82, 2.24) is 14.9 Å². The molecule has 3 aromatic rings. The molecule has 0 spiro atoms. The van der Waals surface area contributed by atoms with Crippen LogP contribution in [0.1, 0.15) is 32.0 Å². The van der Waals surface area contributed by atoms with Crippen LogP contribution in [0.15, 0.2) is 35.7 Å². The maximum Gasteiger partial charge on any atom is 0.139 e. The lowest BCUT2D eigenvalue weighted by atomic mass is 10.0. The first-order valence-corrected chi connectivity index (χ1v) is 11.0. The fourth-order valence-corrected chi connectivity index (χ4v) is 4.86. The van der Waals surface area contributed by atoms with Gasteiger partial charge in [0.05, 0.1) is 11.5 Å². The summed E-state index contributed by atoms with van der Waals surface area (Å²) in [5.41, 5.74) is 2.40. The van der Waals surface area contributed by atoms with Crippen LogP contribution in [-0.4, -0.2) is 51.8 Å². The molecule has 6 heteroatoms. The van der Waals surface area contributed by atoms with E-state index in [0.29, 0.717) is 6.04 Å². The second-order valence-electron chi connectivity index (χ2n) is 7.60. The minimum absolute atomic E-state index is 0.215. The smallest absolute Gasteiger partial charge is 0.139 e. The monoisotopic (exact) mass is 396 g/mol. The Bertz CT molecular complexity index is 919. The molecule has 2 aromatic heterocycles. The van der Waals surface area contributed by atoms with Gasteiger partial charge in [0.15, 0.2) is 0 Å². The van der Waals surface area contributed by atoms with Gasteiger partial charge in [-0.2, -0.15) is 0 Å². The molecule has 0 saturated carbocycles. The number of thiophene rings is 1. The second kappa shape index (κ2) is 8.55. The largest absolute Gasteiger partial charge is 0.392 e. The SMILES string of the molecule is CC[C@@H](O)CN1CCC(Nc2nc(C)nc3scc(-c4ccccc4)c23)CC1. The number of nitrogens with one attached hydrogen (secondary N) is 1. The number of benzene rings is 1. The van der Waals surface area contributed by atoms with Crippen LogP contribution >= 0.6 is 11.3 Å². The van der Waals surface area contributed by atoms with Crippen molar-refractivity contribution in [3.8, 4) is 11.1 Å². The van der Waals surface area contributed by atoms with Crippen LogP contribution < -0.4 is 5.32 Å². The van der Waals surface area contributed by atoms with Crippen LogP contribution in [0.3, 0.4) is 0 Å². The zero-order valence-electron chi connectivity index (χ0n) is 16.6. The average Bonchev–Trinajstić information content (AvgIpc) is 3.14. The van der Waals surface area contributed by atoms with Gasteiger partial charge in [-0.3, -0.25) is 0 Å². The number of aliphatic hydroxyl groups excluding tert-OH is 1. The number of rotatable bonds is 6. The van der Waals surface area contributed by atoms with E-state index in [-0.39, 0.29) is 6.10 Å². The van der Waals surface area contributed by atoms with Crippen molar-refractivity contribution >= 4 is 27.4 Å². The molecular weight excluding hydrogens is 368 g/mol. The Morgan fingerprint density at radius 3 is 2.68 bits per heavy atom. The van der Waals surface area contributed by atoms with Crippen molar-refractivity contribution in [3.05, 3.63) is 41.5 Å². The van der Waals surface area contributed by atoms with Gasteiger partial charge in [0.2, 0.25) is 0 Å². The number of hydrogen-bond acceptors (Lipinski definition) is 6. The fourth-order valence-electron chi connectivity index (χ4n) is 3.86. The molecule has 1 atom stereocenters. The number of aromatic nitrogens is 2. The van der Waals surface area contributed by atoms with Gasteiger partial charge in [-0.1, -0.05) is 37.3 Å². The van der Waals surface area contributed by atoms with Crippen molar-refractivity contribution in [1.29, 1.82) is 0 Å². The molecule has 28 heavy (non-hydrogen) atoms. The summed E-state index contributed by atoms with van der Waals surface area (Å²) in [6, 6.07) is 10.9. The van der Waals surface area contributed by atoms with Gasteiger partial charge in [-0.05, 0) is 31.7 Å². The molecule has 5 nitrogen and oxygen atoms in total. The Labute approximate surface area is 170 Å². The molecular formula is C22H28N4OS. The topological polar surface area (TPSA) is 61.3 Å². The lowest BCUT2D eigenvalue weighted by molar-refractivity contribution is 0.0962. The molecule has 0 aliphatic carbocycles. The molecule has 0 bridgehead atoms. The molecule has 148 valence electrons. The van der Waals surface area contributed by atoms with Crippen molar-refractivity contribution in [2.24, 2.45) is 0 Å². The highest BCUT2D eigenvalue weighted by Crippen LogP contribution is 2.37. The van der Waals surface area contributed by atoms with Crippen molar-refractivity contribution in [3.63, 3.8) is 0 Å². The maximum absolute atomic E-state index is 9.90. The summed E-state index contributed by atoms with van der Waals surface area (Å²) < 4.78 is 0. The summed E-state index contributed by atoms with van der Waals surface area (Å²) >= 11 is 1.68. The maximum atomic E-state index is 9.90. The van der Waals surface area contributed by atoms with Crippen LogP contribution in [0.4, 0.5) is 5.82 Å². The lowest BCUT2D eigenvalue weighted by Gasteiger charge is -2.33. The molecule has 4 rings (SSSR count). The summed E-state index contributed by atoms with van der Waals surface area (Å²) in [6.07, 6.45) is 2.72. The predicted molar refractivity (Wildman–Crippen MR) is 117 cm³/mol. The highest BCUT2D eigenvalue weighted by Gasteiger charge is 2.22. The van der Waals surface area contributed by atoms with Gasteiger partial charge in [0.25, 0.3) is 0 Å². The minimum Gasteiger partial charge on any atom is -0.392 e. The van der Waals surface area contributed by atoms with Crippen molar-refractivity contribution in [2.45, 2.75) is 45.3 Å². The number of aliphatic hydroxyl groups is 1. The molecule has 0 amide bonds. The Kier molecular flexibility index (Phi) is 5.90. The third kappa shape index (κ3) is 4.19. The van der Waals surface area contributed by atoms with Gasteiger partial charge in [-0.15, -0.1) is 11.3 Å². The van der Waals surface area contributed by atoms with E-state index in [9.17, 15) is 5.11 Å². The number of β-amino-alcohol motifs (C(OH)–C–C–N with tert-alkyl or cyclic N) is 1. The zero-order chi connectivity index (χ0) is 19.5. The van der Waals surface area contributed by atoms with Gasteiger partial charge >= 0.3 is 0 Å². The van der Waals surface area contributed by atoms with Crippen molar-refractivity contribution in [2.75, 3.05) is 25.0 Å². The number of nitrogens with zero attached hydrogens (tertiary/aromatic N) is 3. The Hall–Kier alpha value is -2.02. The first-order chi connectivity index (χ1) is 13.6. The number of anilines is 1. The summed E-state index contributed by atoms with van der Waals surface area (Å²) in [6.45, 7) is 6.80. The van der Waals surface area contributed by atoms with E-state index in [2.05, 4.69) is 44.8 Å². The molecule has 0 radical (unpaired) electrons. The Morgan fingerprint density at radius 1 is 1.21 bits per heavy atom. The third-order valence-electron chi connectivity index (χ3n) is 5.50. The molecule has 1 saturated heterocycles. The van der Waals surface area contributed by atoms with Crippen molar-refractivity contribution < 1.29 is 5.11 Å². The third-order valence-corrected chi connectivity index (χ3v) is 6.37. The summed E-state index contributed by atoms with van der Waals surface area (Å²) in [7, 11) is 0.